The Labute approximate surface area is 73.8 Å². The van der Waals surface area contributed by atoms with Crippen molar-refractivity contribution in [3.63, 3.8) is 0 Å². The van der Waals surface area contributed by atoms with Crippen molar-refractivity contribution in [2.45, 2.75) is 19.2 Å². The molecule has 0 radical (unpaired) electrons. The van der Waals surface area contributed by atoms with Crippen LogP contribution in [0.25, 0.3) is 0 Å². The summed E-state index contributed by atoms with van der Waals surface area (Å²) in [5.74, 6) is 0. The smallest absolute Gasteiger partial charge is 0.379 e. The van der Waals surface area contributed by atoms with E-state index in [0.717, 1.165) is 0 Å². The Morgan fingerprint density at radius 3 is 2.38 bits per heavy atom. The molecular formula is C9H9F3O. The van der Waals surface area contributed by atoms with E-state index in [2.05, 4.69) is 0 Å². The van der Waals surface area contributed by atoms with Gasteiger partial charge in [0.2, 0.25) is 0 Å². The van der Waals surface area contributed by atoms with Crippen LogP contribution in [-0.2, 0) is 0 Å². The molecule has 1 N–H and O–H groups in total. The Balaban J connectivity index is 2.96. The fraction of sp³-hybridized carbons (Fsp3) is 0.333. The molecule has 0 fully saturated rings. The topological polar surface area (TPSA) is 20.2 Å². The van der Waals surface area contributed by atoms with Gasteiger partial charge in [-0.05, 0) is 12.5 Å². The molecule has 0 aromatic heterocycles. The van der Waals surface area contributed by atoms with Gasteiger partial charge in [0.15, 0.2) is 6.10 Å². The highest BCUT2D eigenvalue weighted by Gasteiger charge is 2.39. The molecule has 0 saturated carbocycles. The van der Waals surface area contributed by atoms with E-state index in [0.29, 0.717) is 5.56 Å². The van der Waals surface area contributed by atoms with Crippen LogP contribution in [0.15, 0.2) is 24.3 Å². The van der Waals surface area contributed by atoms with Gasteiger partial charge in [-0.15, -0.1) is 0 Å². The molecule has 0 aliphatic rings. The van der Waals surface area contributed by atoms with E-state index in [1.165, 1.54) is 18.2 Å². The molecule has 0 saturated heterocycles. The molecule has 0 aliphatic heterocycles. The molecule has 0 amide bonds. The predicted molar refractivity (Wildman–Crippen MR) is 42.2 cm³/mol. The highest BCUT2D eigenvalue weighted by Crippen LogP contribution is 2.32. The lowest BCUT2D eigenvalue weighted by Crippen LogP contribution is -2.20. The van der Waals surface area contributed by atoms with Crippen molar-refractivity contribution >= 4 is 0 Å². The van der Waals surface area contributed by atoms with Gasteiger partial charge in [-0.1, -0.05) is 29.8 Å². The van der Waals surface area contributed by atoms with E-state index in [9.17, 15) is 13.2 Å². The van der Waals surface area contributed by atoms with Gasteiger partial charge in [0, 0.05) is 0 Å². The Hall–Kier alpha value is -1.03. The number of benzene rings is 1. The summed E-state index contributed by atoms with van der Waals surface area (Å²) < 4.78 is 36.0. The van der Waals surface area contributed by atoms with Crippen LogP contribution in [0.3, 0.4) is 0 Å². The first-order valence-electron chi connectivity index (χ1n) is 3.72. The van der Waals surface area contributed by atoms with Crippen LogP contribution in [0, 0.1) is 6.92 Å². The average molecular weight is 190 g/mol. The molecule has 0 bridgehead atoms. The maximum absolute atomic E-state index is 12.0. The minimum Gasteiger partial charge on any atom is -0.379 e. The lowest BCUT2D eigenvalue weighted by molar-refractivity contribution is -0.206. The minimum atomic E-state index is -4.59. The van der Waals surface area contributed by atoms with E-state index < -0.39 is 12.3 Å². The molecule has 1 aromatic rings. The molecule has 0 aliphatic carbocycles. The lowest BCUT2D eigenvalue weighted by Gasteiger charge is -2.14. The van der Waals surface area contributed by atoms with Gasteiger partial charge in [-0.2, -0.15) is 13.2 Å². The molecule has 1 rings (SSSR count). The van der Waals surface area contributed by atoms with Gasteiger partial charge in [-0.25, -0.2) is 0 Å². The zero-order valence-electron chi connectivity index (χ0n) is 6.97. The van der Waals surface area contributed by atoms with Crippen molar-refractivity contribution in [2.24, 2.45) is 0 Å². The van der Waals surface area contributed by atoms with Crippen LogP contribution in [0.2, 0.25) is 0 Å². The van der Waals surface area contributed by atoms with E-state index >= 15 is 0 Å². The summed E-state index contributed by atoms with van der Waals surface area (Å²) >= 11 is 0. The number of alkyl halides is 3. The first kappa shape index (κ1) is 10.1. The molecule has 13 heavy (non-hydrogen) atoms. The van der Waals surface area contributed by atoms with Gasteiger partial charge < -0.3 is 5.11 Å². The first-order valence-corrected chi connectivity index (χ1v) is 3.72. The molecular weight excluding hydrogens is 181 g/mol. The van der Waals surface area contributed by atoms with Crippen LogP contribution in [0.5, 0.6) is 0 Å². The van der Waals surface area contributed by atoms with Crippen molar-refractivity contribution in [2.75, 3.05) is 0 Å². The number of aryl methyl sites for hydroxylation is 1. The molecule has 0 heterocycles. The molecule has 0 unspecified atom stereocenters. The summed E-state index contributed by atoms with van der Waals surface area (Å²) in [5.41, 5.74) is 0.577. The number of hydrogen-bond acceptors (Lipinski definition) is 1. The summed E-state index contributed by atoms with van der Waals surface area (Å²) in [6, 6.07) is 5.73. The predicted octanol–water partition coefficient (Wildman–Crippen LogP) is 2.59. The Bertz CT molecular complexity index is 293. The summed E-state index contributed by atoms with van der Waals surface area (Å²) in [6.45, 7) is 1.67. The fourth-order valence-corrected chi connectivity index (χ4v) is 1.03. The summed E-state index contributed by atoms with van der Waals surface area (Å²) in [7, 11) is 0. The molecule has 1 nitrogen and oxygen atoms in total. The van der Waals surface area contributed by atoms with Gasteiger partial charge in [-0.3, -0.25) is 0 Å². The number of rotatable bonds is 1. The van der Waals surface area contributed by atoms with Crippen LogP contribution in [0.4, 0.5) is 13.2 Å². The number of halogens is 3. The maximum atomic E-state index is 12.0. The molecule has 72 valence electrons. The SMILES string of the molecule is Cc1cccc([C@@H](O)C(F)(F)F)c1. The van der Waals surface area contributed by atoms with Crippen LogP contribution in [-0.4, -0.2) is 11.3 Å². The monoisotopic (exact) mass is 190 g/mol. The van der Waals surface area contributed by atoms with E-state index in [1.807, 2.05) is 0 Å². The standard InChI is InChI=1S/C9H9F3O/c1-6-3-2-4-7(5-6)8(13)9(10,11)12/h2-5,8,13H,1H3/t8-/m1/s1. The molecule has 0 spiro atoms. The van der Waals surface area contributed by atoms with Crippen LogP contribution >= 0.6 is 0 Å². The molecule has 4 heteroatoms. The highest BCUT2D eigenvalue weighted by molar-refractivity contribution is 5.24. The summed E-state index contributed by atoms with van der Waals surface area (Å²) in [6.07, 6.45) is -6.97. The number of aliphatic hydroxyl groups excluding tert-OH is 1. The first-order chi connectivity index (χ1) is 5.91. The summed E-state index contributed by atoms with van der Waals surface area (Å²) in [5, 5.41) is 8.86. The fourth-order valence-electron chi connectivity index (χ4n) is 1.03. The normalized spacial score (nSPS) is 14.2. The van der Waals surface area contributed by atoms with Crippen LogP contribution < -0.4 is 0 Å². The lowest BCUT2D eigenvalue weighted by atomic mass is 10.1. The van der Waals surface area contributed by atoms with Crippen molar-refractivity contribution in [1.82, 2.24) is 0 Å². The maximum Gasteiger partial charge on any atom is 0.418 e. The molecule has 1 aromatic carbocycles. The van der Waals surface area contributed by atoms with Gasteiger partial charge in [0.05, 0.1) is 0 Å². The second kappa shape index (κ2) is 3.38. The third-order valence-corrected chi connectivity index (χ3v) is 1.67. The zero-order chi connectivity index (χ0) is 10.1. The van der Waals surface area contributed by atoms with Gasteiger partial charge in [0.1, 0.15) is 0 Å². The Kier molecular flexibility index (Phi) is 2.61. The average Bonchev–Trinajstić information content (AvgIpc) is 2.01. The third-order valence-electron chi connectivity index (χ3n) is 1.67. The zero-order valence-corrected chi connectivity index (χ0v) is 6.97. The number of aliphatic hydroxyl groups is 1. The van der Waals surface area contributed by atoms with E-state index in [-0.39, 0.29) is 5.56 Å². The van der Waals surface area contributed by atoms with Crippen LogP contribution in [0.1, 0.15) is 17.2 Å². The second-order valence-electron chi connectivity index (χ2n) is 2.86. The quantitative estimate of drug-likeness (QED) is 0.721. The van der Waals surface area contributed by atoms with Gasteiger partial charge >= 0.3 is 6.18 Å². The minimum absolute atomic E-state index is 0.118. The van der Waals surface area contributed by atoms with Crippen molar-refractivity contribution in [3.8, 4) is 0 Å². The number of hydrogen-bond donors (Lipinski definition) is 1. The summed E-state index contributed by atoms with van der Waals surface area (Å²) in [4.78, 5) is 0. The largest absolute Gasteiger partial charge is 0.418 e. The van der Waals surface area contributed by atoms with Crippen molar-refractivity contribution < 1.29 is 18.3 Å². The molecule has 1 atom stereocenters. The Morgan fingerprint density at radius 1 is 1.31 bits per heavy atom. The van der Waals surface area contributed by atoms with E-state index in [4.69, 9.17) is 5.11 Å². The van der Waals surface area contributed by atoms with Crippen molar-refractivity contribution in [3.05, 3.63) is 35.4 Å². The highest BCUT2D eigenvalue weighted by atomic mass is 19.4. The van der Waals surface area contributed by atoms with Crippen molar-refractivity contribution in [1.29, 1.82) is 0 Å². The third kappa shape index (κ3) is 2.45. The second-order valence-corrected chi connectivity index (χ2v) is 2.86. The Morgan fingerprint density at radius 2 is 1.92 bits per heavy atom. The van der Waals surface area contributed by atoms with E-state index in [1.54, 1.807) is 13.0 Å². The van der Waals surface area contributed by atoms with Gasteiger partial charge in [0.25, 0.3) is 0 Å².